The number of halogens is 1. The van der Waals surface area contributed by atoms with E-state index in [9.17, 15) is 0 Å². The molecule has 1 aromatic heterocycles. The number of aryl methyl sites for hydroxylation is 1. The Morgan fingerprint density at radius 1 is 1.35 bits per heavy atom. The van der Waals surface area contributed by atoms with Gasteiger partial charge < -0.3 is 5.73 Å². The highest BCUT2D eigenvalue weighted by Crippen LogP contribution is 2.26. The van der Waals surface area contributed by atoms with E-state index >= 15 is 0 Å². The average Bonchev–Trinajstić information content (AvgIpc) is 2.32. The predicted molar refractivity (Wildman–Crippen MR) is 74.4 cm³/mol. The van der Waals surface area contributed by atoms with E-state index in [0.29, 0.717) is 0 Å². The molecule has 0 aliphatic heterocycles. The van der Waals surface area contributed by atoms with Crippen LogP contribution in [0.3, 0.4) is 0 Å². The third-order valence-electron chi connectivity index (χ3n) is 2.46. The molecule has 1 aromatic carbocycles. The number of rotatable bonds is 3. The highest BCUT2D eigenvalue weighted by Gasteiger charge is 2.02. The molecule has 2 aromatic rings. The smallest absolute Gasteiger partial charge is 0.0967 e. The Morgan fingerprint density at radius 3 is 2.82 bits per heavy atom. The van der Waals surface area contributed by atoms with E-state index in [4.69, 9.17) is 17.3 Å². The Bertz CT molecular complexity index is 529. The Hall–Kier alpha value is -1.19. The molecule has 1 heterocycles. The number of benzene rings is 1. The SMILES string of the molecule is Cc1cc(SCc2ccccc2Cl)ncc1N. The minimum absolute atomic E-state index is 0.729. The number of pyridine rings is 1. The van der Waals surface area contributed by atoms with Gasteiger partial charge in [-0.15, -0.1) is 11.8 Å². The number of nitrogens with zero attached hydrogens (tertiary/aromatic N) is 1. The molecule has 17 heavy (non-hydrogen) atoms. The van der Waals surface area contributed by atoms with Crippen LogP contribution < -0.4 is 5.73 Å². The van der Waals surface area contributed by atoms with Crippen molar-refractivity contribution in [3.8, 4) is 0 Å². The molecule has 0 spiro atoms. The van der Waals surface area contributed by atoms with Crippen molar-refractivity contribution >= 4 is 29.1 Å². The van der Waals surface area contributed by atoms with Crippen molar-refractivity contribution < 1.29 is 0 Å². The molecule has 0 amide bonds. The van der Waals surface area contributed by atoms with Gasteiger partial charge in [0.05, 0.1) is 16.9 Å². The first kappa shape index (κ1) is 12.3. The average molecular weight is 265 g/mol. The quantitative estimate of drug-likeness (QED) is 0.854. The molecule has 0 unspecified atom stereocenters. The molecule has 0 fully saturated rings. The van der Waals surface area contributed by atoms with Crippen molar-refractivity contribution in [3.63, 3.8) is 0 Å². The van der Waals surface area contributed by atoms with E-state index in [-0.39, 0.29) is 0 Å². The normalized spacial score (nSPS) is 10.5. The van der Waals surface area contributed by atoms with Crippen molar-refractivity contribution in [1.29, 1.82) is 0 Å². The maximum Gasteiger partial charge on any atom is 0.0967 e. The molecule has 88 valence electrons. The number of hydrogen-bond acceptors (Lipinski definition) is 3. The zero-order valence-corrected chi connectivity index (χ0v) is 11.1. The first-order valence-corrected chi connectivity index (χ1v) is 6.61. The van der Waals surface area contributed by atoms with Crippen LogP contribution in [0.5, 0.6) is 0 Å². The summed E-state index contributed by atoms with van der Waals surface area (Å²) in [6.07, 6.45) is 1.70. The fourth-order valence-electron chi connectivity index (χ4n) is 1.39. The molecule has 0 atom stereocenters. The Labute approximate surface area is 110 Å². The first-order valence-electron chi connectivity index (χ1n) is 5.25. The van der Waals surface area contributed by atoms with Crippen molar-refractivity contribution in [1.82, 2.24) is 4.98 Å². The lowest BCUT2D eigenvalue weighted by atomic mass is 10.2. The van der Waals surface area contributed by atoms with Crippen LogP contribution in [0.15, 0.2) is 41.6 Å². The van der Waals surface area contributed by atoms with E-state index < -0.39 is 0 Å². The Kier molecular flexibility index (Phi) is 3.92. The Balaban J connectivity index is 2.08. The Morgan fingerprint density at radius 2 is 2.12 bits per heavy atom. The molecule has 0 saturated heterocycles. The second kappa shape index (κ2) is 5.43. The summed E-state index contributed by atoms with van der Waals surface area (Å²) in [5, 5.41) is 1.77. The largest absolute Gasteiger partial charge is 0.397 e. The van der Waals surface area contributed by atoms with Gasteiger partial charge in [0.1, 0.15) is 0 Å². The second-order valence-electron chi connectivity index (χ2n) is 3.76. The molecule has 0 aliphatic rings. The molecule has 0 radical (unpaired) electrons. The molecule has 0 bridgehead atoms. The fourth-order valence-corrected chi connectivity index (χ4v) is 2.61. The van der Waals surface area contributed by atoms with Crippen molar-refractivity contribution in [3.05, 3.63) is 52.7 Å². The summed E-state index contributed by atoms with van der Waals surface area (Å²) in [5.41, 5.74) is 8.63. The van der Waals surface area contributed by atoms with Crippen molar-refractivity contribution in [2.24, 2.45) is 0 Å². The van der Waals surface area contributed by atoms with Crippen LogP contribution in [0.4, 0.5) is 5.69 Å². The first-order chi connectivity index (χ1) is 8.16. The molecule has 2 rings (SSSR count). The van der Waals surface area contributed by atoms with Gasteiger partial charge in [0.15, 0.2) is 0 Å². The molecule has 2 N–H and O–H groups in total. The molecule has 0 aliphatic carbocycles. The van der Waals surface area contributed by atoms with E-state index in [0.717, 1.165) is 32.6 Å². The van der Waals surface area contributed by atoms with Crippen LogP contribution in [-0.4, -0.2) is 4.98 Å². The third-order valence-corrected chi connectivity index (χ3v) is 3.80. The number of anilines is 1. The summed E-state index contributed by atoms with van der Waals surface area (Å²) in [5.74, 6) is 0.816. The lowest BCUT2D eigenvalue weighted by Crippen LogP contribution is -1.92. The number of thioether (sulfide) groups is 1. The monoisotopic (exact) mass is 264 g/mol. The van der Waals surface area contributed by atoms with Gasteiger partial charge in [0.2, 0.25) is 0 Å². The van der Waals surface area contributed by atoms with E-state index in [1.54, 1.807) is 18.0 Å². The predicted octanol–water partition coefficient (Wildman–Crippen LogP) is 3.92. The summed E-state index contributed by atoms with van der Waals surface area (Å²) in [7, 11) is 0. The number of aromatic nitrogens is 1. The summed E-state index contributed by atoms with van der Waals surface area (Å²) < 4.78 is 0. The van der Waals surface area contributed by atoms with Gasteiger partial charge in [-0.3, -0.25) is 0 Å². The maximum atomic E-state index is 6.09. The van der Waals surface area contributed by atoms with Gasteiger partial charge in [0, 0.05) is 10.8 Å². The number of nitrogens with two attached hydrogens (primary N) is 1. The maximum absolute atomic E-state index is 6.09. The molecule has 4 heteroatoms. The number of hydrogen-bond donors (Lipinski definition) is 1. The van der Waals surface area contributed by atoms with Gasteiger partial charge in [0.25, 0.3) is 0 Å². The molecular formula is C13H13ClN2S. The summed E-state index contributed by atoms with van der Waals surface area (Å²) in [6.45, 7) is 1.98. The van der Waals surface area contributed by atoms with Gasteiger partial charge in [-0.2, -0.15) is 0 Å². The zero-order valence-electron chi connectivity index (χ0n) is 9.48. The van der Waals surface area contributed by atoms with Gasteiger partial charge in [-0.05, 0) is 30.2 Å². The molecule has 2 nitrogen and oxygen atoms in total. The van der Waals surface area contributed by atoms with Crippen molar-refractivity contribution in [2.75, 3.05) is 5.73 Å². The summed E-state index contributed by atoms with van der Waals surface area (Å²) >= 11 is 7.75. The van der Waals surface area contributed by atoms with Crippen LogP contribution in [0.1, 0.15) is 11.1 Å². The van der Waals surface area contributed by atoms with Gasteiger partial charge in [-0.1, -0.05) is 29.8 Å². The van der Waals surface area contributed by atoms with Gasteiger partial charge >= 0.3 is 0 Å². The highest BCUT2D eigenvalue weighted by molar-refractivity contribution is 7.98. The van der Waals surface area contributed by atoms with E-state index in [1.807, 2.05) is 37.3 Å². The highest BCUT2D eigenvalue weighted by atomic mass is 35.5. The topological polar surface area (TPSA) is 38.9 Å². The van der Waals surface area contributed by atoms with Crippen LogP contribution in [0.2, 0.25) is 5.02 Å². The van der Waals surface area contributed by atoms with Crippen molar-refractivity contribution in [2.45, 2.75) is 17.7 Å². The third kappa shape index (κ3) is 3.14. The fraction of sp³-hybridized carbons (Fsp3) is 0.154. The van der Waals surface area contributed by atoms with Gasteiger partial charge in [-0.25, -0.2) is 4.98 Å². The zero-order chi connectivity index (χ0) is 12.3. The molecular weight excluding hydrogens is 252 g/mol. The minimum Gasteiger partial charge on any atom is -0.397 e. The standard InChI is InChI=1S/C13H13ClN2S/c1-9-6-13(16-7-12(9)15)17-8-10-4-2-3-5-11(10)14/h2-7H,8,15H2,1H3. The summed E-state index contributed by atoms with van der Waals surface area (Å²) in [6, 6.07) is 9.85. The lowest BCUT2D eigenvalue weighted by molar-refractivity contribution is 1.11. The van der Waals surface area contributed by atoms with E-state index in [1.165, 1.54) is 0 Å². The molecule has 0 saturated carbocycles. The number of nitrogen functional groups attached to an aromatic ring is 1. The van der Waals surface area contributed by atoms with Crippen LogP contribution in [-0.2, 0) is 5.75 Å². The van der Waals surface area contributed by atoms with Crippen LogP contribution in [0, 0.1) is 6.92 Å². The lowest BCUT2D eigenvalue weighted by Gasteiger charge is -2.05. The summed E-state index contributed by atoms with van der Waals surface area (Å²) in [4.78, 5) is 4.28. The van der Waals surface area contributed by atoms with Crippen LogP contribution in [0.25, 0.3) is 0 Å². The van der Waals surface area contributed by atoms with E-state index in [2.05, 4.69) is 4.98 Å². The second-order valence-corrected chi connectivity index (χ2v) is 5.16. The van der Waals surface area contributed by atoms with Crippen LogP contribution >= 0.6 is 23.4 Å². The minimum atomic E-state index is 0.729.